The Balaban J connectivity index is 1.50. The van der Waals surface area contributed by atoms with Gasteiger partial charge in [-0.15, -0.1) is 0 Å². The fraction of sp³-hybridized carbons (Fsp3) is 0.409. The van der Waals surface area contributed by atoms with Crippen molar-refractivity contribution in [3.05, 3.63) is 48.0 Å². The first-order valence-corrected chi connectivity index (χ1v) is 11.7. The van der Waals surface area contributed by atoms with Crippen LogP contribution in [-0.4, -0.2) is 72.9 Å². The zero-order valence-corrected chi connectivity index (χ0v) is 19.0. The Morgan fingerprint density at radius 1 is 1.03 bits per heavy atom. The molecule has 174 valence electrons. The number of nitrogens with one attached hydrogen (secondary N) is 1. The molecule has 1 heterocycles. The number of sulfonamides is 1. The number of amides is 1. The average Bonchev–Trinajstić information content (AvgIpc) is 2.83. The molecule has 1 fully saturated rings. The topological polar surface area (TPSA) is 103 Å². The molecule has 0 aromatic heterocycles. The molecular formula is C22H28N2O7S. The van der Waals surface area contributed by atoms with E-state index in [2.05, 4.69) is 4.72 Å². The Hall–Kier alpha value is -2.82. The lowest BCUT2D eigenvalue weighted by atomic mass is 10.1. The van der Waals surface area contributed by atoms with Crippen molar-refractivity contribution in [1.29, 1.82) is 0 Å². The van der Waals surface area contributed by atoms with Gasteiger partial charge in [0.05, 0.1) is 32.3 Å². The van der Waals surface area contributed by atoms with Crippen molar-refractivity contribution in [3.8, 4) is 17.2 Å². The number of benzene rings is 2. The molecule has 3 rings (SSSR count). The summed E-state index contributed by atoms with van der Waals surface area (Å²) in [7, 11) is -0.563. The fourth-order valence-electron chi connectivity index (χ4n) is 3.21. The zero-order valence-electron chi connectivity index (χ0n) is 18.2. The van der Waals surface area contributed by atoms with Gasteiger partial charge in [-0.2, -0.15) is 0 Å². The minimum absolute atomic E-state index is 0.102. The number of carbonyl (C=O) groups is 1. The van der Waals surface area contributed by atoms with Crippen LogP contribution in [0.3, 0.4) is 0 Å². The number of hydrogen-bond acceptors (Lipinski definition) is 7. The number of carbonyl (C=O) groups excluding carboxylic acids is 1. The van der Waals surface area contributed by atoms with Gasteiger partial charge in [-0.1, -0.05) is 6.07 Å². The fourth-order valence-corrected chi connectivity index (χ4v) is 4.25. The third kappa shape index (κ3) is 6.35. The second kappa shape index (κ2) is 11.2. The largest absolute Gasteiger partial charge is 0.493 e. The molecule has 1 saturated heterocycles. The van der Waals surface area contributed by atoms with Crippen LogP contribution in [0, 0.1) is 0 Å². The van der Waals surface area contributed by atoms with Gasteiger partial charge >= 0.3 is 0 Å². The van der Waals surface area contributed by atoms with E-state index >= 15 is 0 Å². The lowest BCUT2D eigenvalue weighted by Crippen LogP contribution is -2.42. The number of ether oxygens (including phenoxy) is 4. The van der Waals surface area contributed by atoms with E-state index < -0.39 is 10.0 Å². The van der Waals surface area contributed by atoms with Gasteiger partial charge in [-0.05, 0) is 48.4 Å². The first kappa shape index (κ1) is 23.8. The van der Waals surface area contributed by atoms with E-state index in [1.54, 1.807) is 25.2 Å². The minimum atomic E-state index is -3.67. The first-order valence-electron chi connectivity index (χ1n) is 10.2. The lowest BCUT2D eigenvalue weighted by Gasteiger charge is -2.26. The second-order valence-corrected chi connectivity index (χ2v) is 8.86. The van der Waals surface area contributed by atoms with Gasteiger partial charge in [0.25, 0.3) is 5.91 Å². The zero-order chi connectivity index (χ0) is 23.0. The smallest absolute Gasteiger partial charge is 0.260 e. The van der Waals surface area contributed by atoms with E-state index in [-0.39, 0.29) is 24.0 Å². The van der Waals surface area contributed by atoms with E-state index in [1.807, 2.05) is 12.1 Å². The van der Waals surface area contributed by atoms with Crippen molar-refractivity contribution in [3.63, 3.8) is 0 Å². The van der Waals surface area contributed by atoms with E-state index in [0.717, 1.165) is 5.56 Å². The normalized spacial score (nSPS) is 14.1. The van der Waals surface area contributed by atoms with Crippen LogP contribution in [-0.2, 0) is 26.0 Å². The summed E-state index contributed by atoms with van der Waals surface area (Å²) in [6.07, 6.45) is 0.491. The van der Waals surface area contributed by atoms with Crippen molar-refractivity contribution in [1.82, 2.24) is 9.62 Å². The second-order valence-electron chi connectivity index (χ2n) is 7.09. The van der Waals surface area contributed by atoms with Gasteiger partial charge in [0, 0.05) is 19.6 Å². The van der Waals surface area contributed by atoms with Crippen LogP contribution in [0.5, 0.6) is 17.2 Å². The van der Waals surface area contributed by atoms with Crippen LogP contribution in [0.25, 0.3) is 0 Å². The molecule has 1 N–H and O–H groups in total. The van der Waals surface area contributed by atoms with E-state index in [9.17, 15) is 13.2 Å². The Labute approximate surface area is 188 Å². The molecule has 2 aromatic carbocycles. The molecule has 0 bridgehead atoms. The molecule has 0 unspecified atom stereocenters. The predicted molar refractivity (Wildman–Crippen MR) is 118 cm³/mol. The molecule has 9 nitrogen and oxygen atoms in total. The maximum absolute atomic E-state index is 12.6. The van der Waals surface area contributed by atoms with Crippen LogP contribution < -0.4 is 18.9 Å². The van der Waals surface area contributed by atoms with Crippen molar-refractivity contribution in [2.24, 2.45) is 0 Å². The summed E-state index contributed by atoms with van der Waals surface area (Å²) < 4.78 is 48.9. The van der Waals surface area contributed by atoms with Gasteiger partial charge in [0.2, 0.25) is 10.0 Å². The first-order chi connectivity index (χ1) is 15.4. The highest BCUT2D eigenvalue weighted by Gasteiger charge is 2.18. The molecule has 2 aromatic rings. The Morgan fingerprint density at radius 2 is 1.72 bits per heavy atom. The third-order valence-electron chi connectivity index (χ3n) is 5.01. The van der Waals surface area contributed by atoms with Crippen molar-refractivity contribution < 1.29 is 32.2 Å². The highest BCUT2D eigenvalue weighted by molar-refractivity contribution is 7.89. The predicted octanol–water partition coefficient (Wildman–Crippen LogP) is 1.46. The highest BCUT2D eigenvalue weighted by Crippen LogP contribution is 2.27. The van der Waals surface area contributed by atoms with E-state index in [0.29, 0.717) is 50.0 Å². The lowest BCUT2D eigenvalue weighted by molar-refractivity contribution is -0.137. The summed E-state index contributed by atoms with van der Waals surface area (Å²) in [5.41, 5.74) is 0.916. The molecule has 1 aliphatic rings. The molecule has 0 radical (unpaired) electrons. The number of rotatable bonds is 10. The molecule has 0 atom stereocenters. The van der Waals surface area contributed by atoms with Gasteiger partial charge in [0.1, 0.15) is 5.75 Å². The van der Waals surface area contributed by atoms with Crippen LogP contribution in [0.1, 0.15) is 5.56 Å². The molecule has 0 aliphatic carbocycles. The van der Waals surface area contributed by atoms with Crippen molar-refractivity contribution in [2.45, 2.75) is 11.3 Å². The summed E-state index contributed by atoms with van der Waals surface area (Å²) in [5, 5.41) is 0. The Kier molecular flexibility index (Phi) is 8.32. The molecule has 1 aliphatic heterocycles. The van der Waals surface area contributed by atoms with Crippen molar-refractivity contribution >= 4 is 15.9 Å². The van der Waals surface area contributed by atoms with Gasteiger partial charge in [-0.25, -0.2) is 13.1 Å². The van der Waals surface area contributed by atoms with Crippen LogP contribution in [0.15, 0.2) is 47.4 Å². The van der Waals surface area contributed by atoms with Crippen LogP contribution in [0.2, 0.25) is 0 Å². The van der Waals surface area contributed by atoms with Crippen LogP contribution >= 0.6 is 0 Å². The standard InChI is InChI=1S/C22H28N2O7S/c1-28-20-8-3-17(15-21(20)29-2)9-10-23-32(26,27)19-6-4-18(5-7-19)31-16-22(25)24-11-13-30-14-12-24/h3-8,15,23H,9-14,16H2,1-2H3. The van der Waals surface area contributed by atoms with E-state index in [4.69, 9.17) is 18.9 Å². The molecule has 32 heavy (non-hydrogen) atoms. The molecular weight excluding hydrogens is 436 g/mol. The van der Waals surface area contributed by atoms with Gasteiger partial charge in [0.15, 0.2) is 18.1 Å². The molecule has 0 spiro atoms. The van der Waals surface area contributed by atoms with Gasteiger partial charge in [-0.3, -0.25) is 4.79 Å². The number of hydrogen-bond donors (Lipinski definition) is 1. The monoisotopic (exact) mass is 464 g/mol. The number of nitrogens with zero attached hydrogens (tertiary/aromatic N) is 1. The summed E-state index contributed by atoms with van der Waals surface area (Å²) in [5.74, 6) is 1.51. The maximum atomic E-state index is 12.6. The quantitative estimate of drug-likeness (QED) is 0.568. The average molecular weight is 465 g/mol. The third-order valence-corrected chi connectivity index (χ3v) is 6.49. The Bertz CT molecular complexity index is 1000. The summed E-state index contributed by atoms with van der Waals surface area (Å²) in [6, 6.07) is 11.4. The summed E-state index contributed by atoms with van der Waals surface area (Å²) >= 11 is 0. The SMILES string of the molecule is COc1ccc(CCNS(=O)(=O)c2ccc(OCC(=O)N3CCOCC3)cc2)cc1OC. The molecule has 0 saturated carbocycles. The summed E-state index contributed by atoms with van der Waals surface area (Å²) in [4.78, 5) is 13.9. The maximum Gasteiger partial charge on any atom is 0.260 e. The van der Waals surface area contributed by atoms with Gasteiger partial charge < -0.3 is 23.8 Å². The molecule has 10 heteroatoms. The van der Waals surface area contributed by atoms with Crippen LogP contribution in [0.4, 0.5) is 0 Å². The van der Waals surface area contributed by atoms with E-state index in [1.165, 1.54) is 24.3 Å². The minimum Gasteiger partial charge on any atom is -0.493 e. The summed E-state index contributed by atoms with van der Waals surface area (Å²) in [6.45, 7) is 2.27. The highest BCUT2D eigenvalue weighted by atomic mass is 32.2. The number of methoxy groups -OCH3 is 2. The van der Waals surface area contributed by atoms with Crippen molar-refractivity contribution in [2.75, 3.05) is 53.7 Å². The Morgan fingerprint density at radius 3 is 2.38 bits per heavy atom. The number of morpholine rings is 1. The molecule has 1 amide bonds.